The molecule has 2 rings (SSSR count). The van der Waals surface area contributed by atoms with Gasteiger partial charge in [0.05, 0.1) is 12.1 Å². The summed E-state index contributed by atoms with van der Waals surface area (Å²) in [6, 6.07) is -0.380. The summed E-state index contributed by atoms with van der Waals surface area (Å²) in [5, 5.41) is 14.3. The molecule has 84 valence electrons. The van der Waals surface area contributed by atoms with Crippen molar-refractivity contribution < 1.29 is 5.11 Å². The van der Waals surface area contributed by atoms with Crippen LogP contribution in [0, 0.1) is 0 Å². The van der Waals surface area contributed by atoms with Gasteiger partial charge in [-0.05, 0) is 12.8 Å². The Kier molecular flexibility index (Phi) is 2.77. The van der Waals surface area contributed by atoms with Crippen LogP contribution in [0.1, 0.15) is 38.1 Å². The number of aliphatic hydroxyl groups excluding tert-OH is 1. The summed E-state index contributed by atoms with van der Waals surface area (Å²) in [4.78, 5) is 22.7. The van der Waals surface area contributed by atoms with Crippen LogP contribution in [0.4, 0.5) is 0 Å². The minimum Gasteiger partial charge on any atom is -0.391 e. The van der Waals surface area contributed by atoms with Gasteiger partial charge in [-0.3, -0.25) is 0 Å². The molecule has 1 aromatic heterocycles. The van der Waals surface area contributed by atoms with Crippen LogP contribution in [0.3, 0.4) is 0 Å². The third-order valence-corrected chi connectivity index (χ3v) is 2.99. The monoisotopic (exact) mass is 213 g/mol. The molecule has 2 unspecified atom stereocenters. The molecule has 3 N–H and O–H groups in total. The van der Waals surface area contributed by atoms with Gasteiger partial charge in [0.15, 0.2) is 0 Å². The molecule has 0 aliphatic heterocycles. The van der Waals surface area contributed by atoms with E-state index in [-0.39, 0.29) is 6.04 Å². The van der Waals surface area contributed by atoms with Gasteiger partial charge in [0.1, 0.15) is 0 Å². The molecule has 0 spiro atoms. The summed E-state index contributed by atoms with van der Waals surface area (Å²) in [7, 11) is 0. The second-order valence-corrected chi connectivity index (χ2v) is 4.00. The minimum absolute atomic E-state index is 0.380. The van der Waals surface area contributed by atoms with Gasteiger partial charge in [0, 0.05) is 0 Å². The summed E-state index contributed by atoms with van der Waals surface area (Å²) in [5.41, 5.74) is -0.933. The quantitative estimate of drug-likeness (QED) is 0.561. The lowest BCUT2D eigenvalue weighted by molar-refractivity contribution is 0.102. The Morgan fingerprint density at radius 3 is 2.33 bits per heavy atom. The average molecular weight is 213 g/mol. The molecule has 2 atom stereocenters. The Morgan fingerprint density at radius 1 is 1.07 bits per heavy atom. The van der Waals surface area contributed by atoms with Crippen molar-refractivity contribution in [1.82, 2.24) is 14.8 Å². The highest BCUT2D eigenvalue weighted by molar-refractivity contribution is 4.82. The maximum atomic E-state index is 11.4. The van der Waals surface area contributed by atoms with Crippen molar-refractivity contribution in [2.75, 3.05) is 0 Å². The Morgan fingerprint density at radius 2 is 1.67 bits per heavy atom. The van der Waals surface area contributed by atoms with Gasteiger partial charge in [0.2, 0.25) is 0 Å². The Balaban J connectivity index is 2.36. The summed E-state index contributed by atoms with van der Waals surface area (Å²) in [6.45, 7) is 0. The number of aliphatic hydroxyl groups is 1. The minimum atomic E-state index is -0.595. The zero-order valence-electron chi connectivity index (χ0n) is 8.40. The maximum Gasteiger partial charge on any atom is 0.344 e. The normalized spacial score (nSPS) is 27.5. The fourth-order valence-corrected chi connectivity index (χ4v) is 2.19. The molecule has 15 heavy (non-hydrogen) atoms. The predicted molar refractivity (Wildman–Crippen MR) is 53.8 cm³/mol. The van der Waals surface area contributed by atoms with Crippen LogP contribution in [0.5, 0.6) is 0 Å². The van der Waals surface area contributed by atoms with E-state index in [0.29, 0.717) is 12.8 Å². The highest BCUT2D eigenvalue weighted by atomic mass is 16.3. The number of rotatable bonds is 1. The fraction of sp³-hybridized carbons (Fsp3) is 0.778. The second-order valence-electron chi connectivity index (χ2n) is 4.00. The number of hydrogen-bond donors (Lipinski definition) is 3. The summed E-state index contributed by atoms with van der Waals surface area (Å²) in [6.07, 6.45) is 3.68. The van der Waals surface area contributed by atoms with Crippen LogP contribution in [0.2, 0.25) is 0 Å². The van der Waals surface area contributed by atoms with E-state index < -0.39 is 17.5 Å². The molecular formula is C9H15N3O3. The number of nitrogens with zero attached hydrogens (tertiary/aromatic N) is 1. The van der Waals surface area contributed by atoms with E-state index in [1.165, 1.54) is 0 Å². The zero-order valence-corrected chi connectivity index (χ0v) is 8.40. The van der Waals surface area contributed by atoms with Gasteiger partial charge in [0.25, 0.3) is 0 Å². The molecule has 1 aliphatic rings. The van der Waals surface area contributed by atoms with E-state index in [9.17, 15) is 14.7 Å². The maximum absolute atomic E-state index is 11.4. The van der Waals surface area contributed by atoms with E-state index in [1.807, 2.05) is 0 Å². The van der Waals surface area contributed by atoms with Crippen molar-refractivity contribution in [1.29, 1.82) is 0 Å². The van der Waals surface area contributed by atoms with Gasteiger partial charge >= 0.3 is 11.4 Å². The van der Waals surface area contributed by atoms with Crippen molar-refractivity contribution in [2.45, 2.75) is 44.2 Å². The Hall–Kier alpha value is -1.30. The van der Waals surface area contributed by atoms with Crippen molar-refractivity contribution in [2.24, 2.45) is 0 Å². The van der Waals surface area contributed by atoms with Crippen molar-refractivity contribution in [3.05, 3.63) is 21.0 Å². The zero-order chi connectivity index (χ0) is 10.8. The molecule has 0 saturated heterocycles. The van der Waals surface area contributed by atoms with Crippen molar-refractivity contribution >= 4 is 0 Å². The Bertz CT molecular complexity index is 403. The van der Waals surface area contributed by atoms with Gasteiger partial charge in [-0.2, -0.15) is 0 Å². The number of aromatic nitrogens is 3. The Labute approximate surface area is 85.9 Å². The first-order valence-electron chi connectivity index (χ1n) is 5.27. The summed E-state index contributed by atoms with van der Waals surface area (Å²) >= 11 is 0. The molecule has 0 radical (unpaired) electrons. The largest absolute Gasteiger partial charge is 0.391 e. The van der Waals surface area contributed by atoms with E-state index in [2.05, 4.69) is 10.2 Å². The molecule has 1 fully saturated rings. The fourth-order valence-electron chi connectivity index (χ4n) is 2.19. The van der Waals surface area contributed by atoms with Gasteiger partial charge in [-0.25, -0.2) is 24.4 Å². The first-order chi connectivity index (χ1) is 7.20. The number of aromatic amines is 2. The molecule has 6 heteroatoms. The van der Waals surface area contributed by atoms with E-state index in [1.54, 1.807) is 0 Å². The predicted octanol–water partition coefficient (Wildman–Crippen LogP) is -0.269. The number of H-pyrrole nitrogens is 2. The van der Waals surface area contributed by atoms with E-state index in [0.717, 1.165) is 23.8 Å². The molecule has 6 nitrogen and oxygen atoms in total. The number of nitrogens with one attached hydrogen (secondary N) is 2. The van der Waals surface area contributed by atoms with Gasteiger partial charge in [-0.1, -0.05) is 19.3 Å². The van der Waals surface area contributed by atoms with Gasteiger partial charge < -0.3 is 5.11 Å². The van der Waals surface area contributed by atoms with Crippen LogP contribution in [0.15, 0.2) is 9.59 Å². The summed E-state index contributed by atoms with van der Waals surface area (Å²) in [5.74, 6) is 0. The van der Waals surface area contributed by atoms with Crippen molar-refractivity contribution in [3.63, 3.8) is 0 Å². The first kappa shape index (κ1) is 10.2. The van der Waals surface area contributed by atoms with Crippen LogP contribution in [-0.2, 0) is 0 Å². The highest BCUT2D eigenvalue weighted by Gasteiger charge is 2.26. The van der Waals surface area contributed by atoms with E-state index >= 15 is 0 Å². The smallest absolute Gasteiger partial charge is 0.344 e. The molecule has 0 aromatic carbocycles. The second kappa shape index (κ2) is 4.06. The highest BCUT2D eigenvalue weighted by Crippen LogP contribution is 2.25. The molecule has 0 bridgehead atoms. The molecule has 0 amide bonds. The molecule has 1 aliphatic carbocycles. The van der Waals surface area contributed by atoms with Crippen LogP contribution in [0.25, 0.3) is 0 Å². The van der Waals surface area contributed by atoms with Crippen molar-refractivity contribution in [3.8, 4) is 0 Å². The van der Waals surface area contributed by atoms with Crippen LogP contribution in [-0.4, -0.2) is 26.0 Å². The summed E-state index contributed by atoms with van der Waals surface area (Å²) < 4.78 is 1.09. The van der Waals surface area contributed by atoms with E-state index in [4.69, 9.17) is 0 Å². The lowest BCUT2D eigenvalue weighted by Gasteiger charge is -2.19. The third-order valence-electron chi connectivity index (χ3n) is 2.99. The molecular weight excluding hydrogens is 198 g/mol. The topological polar surface area (TPSA) is 90.9 Å². The SMILES string of the molecule is O=c1[nH][nH]c(=O)n1C1CCCCCC1O. The van der Waals surface area contributed by atoms with Crippen LogP contribution >= 0.6 is 0 Å². The standard InChI is InChI=1S/C9H15N3O3/c13-7-5-3-1-2-4-6(7)12-8(14)10-11-9(12)15/h6-7,13H,1-5H2,(H,10,14)(H,11,15). The lowest BCUT2D eigenvalue weighted by Crippen LogP contribution is -2.36. The molecule has 1 heterocycles. The molecule has 1 aromatic rings. The lowest BCUT2D eigenvalue weighted by atomic mass is 10.1. The first-order valence-corrected chi connectivity index (χ1v) is 5.27. The molecule has 1 saturated carbocycles. The average Bonchev–Trinajstić information content (AvgIpc) is 2.42. The van der Waals surface area contributed by atoms with Crippen LogP contribution < -0.4 is 11.4 Å². The third kappa shape index (κ3) is 1.90. The van der Waals surface area contributed by atoms with Gasteiger partial charge in [-0.15, -0.1) is 0 Å². The number of hydrogen-bond acceptors (Lipinski definition) is 3.